The van der Waals surface area contributed by atoms with Crippen molar-refractivity contribution in [2.45, 2.75) is 38.3 Å². The minimum Gasteiger partial charge on any atom is -0.487 e. The Kier molecular flexibility index (Phi) is 4.69. The zero-order valence-corrected chi connectivity index (χ0v) is 12.9. The lowest BCUT2D eigenvalue weighted by molar-refractivity contribution is 0.153. The molecular formula is C13H17BrN2O4. The zero-order valence-electron chi connectivity index (χ0n) is 11.4. The lowest BCUT2D eigenvalue weighted by Gasteiger charge is -2.22. The van der Waals surface area contributed by atoms with Crippen LogP contribution < -0.4 is 14.8 Å². The molecule has 1 fully saturated rings. The number of halogens is 1. The SMILES string of the molecule is COc1nc(C)cc(O[C@@H]2CCC[C@H]2NC(=O)O)c1Br. The maximum atomic E-state index is 10.8. The van der Waals surface area contributed by atoms with Crippen molar-refractivity contribution >= 4 is 22.0 Å². The average molecular weight is 345 g/mol. The first-order valence-corrected chi connectivity index (χ1v) is 7.17. The van der Waals surface area contributed by atoms with Crippen LogP contribution in [0.1, 0.15) is 25.0 Å². The summed E-state index contributed by atoms with van der Waals surface area (Å²) in [7, 11) is 1.54. The molecule has 1 aromatic heterocycles. The molecule has 2 rings (SSSR count). The molecule has 0 aliphatic heterocycles. The molecule has 0 radical (unpaired) electrons. The second-order valence-corrected chi connectivity index (χ2v) is 5.52. The van der Waals surface area contributed by atoms with Crippen LogP contribution in [0.25, 0.3) is 0 Å². The van der Waals surface area contributed by atoms with Gasteiger partial charge in [0.15, 0.2) is 0 Å². The van der Waals surface area contributed by atoms with Crippen molar-refractivity contribution in [2.75, 3.05) is 7.11 Å². The summed E-state index contributed by atoms with van der Waals surface area (Å²) in [5.41, 5.74) is 0.779. The molecule has 20 heavy (non-hydrogen) atoms. The van der Waals surface area contributed by atoms with Gasteiger partial charge in [-0.15, -0.1) is 0 Å². The van der Waals surface area contributed by atoms with Crippen molar-refractivity contribution in [3.63, 3.8) is 0 Å². The summed E-state index contributed by atoms with van der Waals surface area (Å²) < 4.78 is 11.8. The van der Waals surface area contributed by atoms with Crippen LogP contribution in [0.5, 0.6) is 11.6 Å². The van der Waals surface area contributed by atoms with Gasteiger partial charge in [0.1, 0.15) is 16.3 Å². The predicted octanol–water partition coefficient (Wildman–Crippen LogP) is 2.73. The topological polar surface area (TPSA) is 80.7 Å². The van der Waals surface area contributed by atoms with E-state index in [0.717, 1.165) is 25.0 Å². The van der Waals surface area contributed by atoms with Gasteiger partial charge in [-0.05, 0) is 42.1 Å². The molecule has 0 bridgehead atoms. The summed E-state index contributed by atoms with van der Waals surface area (Å²) in [5.74, 6) is 1.08. The van der Waals surface area contributed by atoms with Crippen molar-refractivity contribution in [2.24, 2.45) is 0 Å². The van der Waals surface area contributed by atoms with E-state index >= 15 is 0 Å². The maximum absolute atomic E-state index is 10.8. The largest absolute Gasteiger partial charge is 0.487 e. The van der Waals surface area contributed by atoms with Crippen molar-refractivity contribution in [1.29, 1.82) is 0 Å². The Hall–Kier alpha value is -1.50. The van der Waals surface area contributed by atoms with Gasteiger partial charge in [-0.1, -0.05) is 0 Å². The Bertz CT molecular complexity index is 509. The van der Waals surface area contributed by atoms with Crippen LogP contribution in [-0.4, -0.2) is 35.4 Å². The van der Waals surface area contributed by atoms with Gasteiger partial charge >= 0.3 is 6.09 Å². The molecule has 1 aliphatic rings. The van der Waals surface area contributed by atoms with E-state index in [0.29, 0.717) is 16.1 Å². The zero-order chi connectivity index (χ0) is 14.7. The molecule has 1 amide bonds. The van der Waals surface area contributed by atoms with Crippen LogP contribution in [-0.2, 0) is 0 Å². The Morgan fingerprint density at radius 3 is 2.95 bits per heavy atom. The second-order valence-electron chi connectivity index (χ2n) is 4.73. The highest BCUT2D eigenvalue weighted by atomic mass is 79.9. The third-order valence-electron chi connectivity index (χ3n) is 3.26. The highest BCUT2D eigenvalue weighted by Gasteiger charge is 2.31. The molecule has 1 aliphatic carbocycles. The molecule has 0 unspecified atom stereocenters. The van der Waals surface area contributed by atoms with Crippen LogP contribution >= 0.6 is 15.9 Å². The molecule has 0 aromatic carbocycles. The van der Waals surface area contributed by atoms with E-state index in [9.17, 15) is 4.79 Å². The molecule has 2 atom stereocenters. The van der Waals surface area contributed by atoms with E-state index in [1.165, 1.54) is 0 Å². The van der Waals surface area contributed by atoms with Gasteiger partial charge in [-0.25, -0.2) is 9.78 Å². The quantitative estimate of drug-likeness (QED) is 0.877. The normalized spacial score (nSPS) is 21.6. The van der Waals surface area contributed by atoms with Gasteiger partial charge < -0.3 is 19.9 Å². The number of carbonyl (C=O) groups is 1. The molecular weight excluding hydrogens is 328 g/mol. The number of ether oxygens (including phenoxy) is 2. The highest BCUT2D eigenvalue weighted by Crippen LogP contribution is 2.36. The third kappa shape index (κ3) is 3.33. The number of pyridine rings is 1. The number of rotatable bonds is 4. The lowest BCUT2D eigenvalue weighted by Crippen LogP contribution is -2.41. The van der Waals surface area contributed by atoms with Crippen molar-refractivity contribution in [1.82, 2.24) is 10.3 Å². The molecule has 1 heterocycles. The average Bonchev–Trinajstić information content (AvgIpc) is 2.80. The monoisotopic (exact) mass is 344 g/mol. The highest BCUT2D eigenvalue weighted by molar-refractivity contribution is 9.10. The smallest absolute Gasteiger partial charge is 0.405 e. The first kappa shape index (κ1) is 14.9. The first-order valence-electron chi connectivity index (χ1n) is 6.38. The molecule has 6 nitrogen and oxygen atoms in total. The number of amides is 1. The van der Waals surface area contributed by atoms with Gasteiger partial charge in [0.25, 0.3) is 0 Å². The molecule has 1 aromatic rings. The van der Waals surface area contributed by atoms with Gasteiger partial charge in [-0.3, -0.25) is 0 Å². The second kappa shape index (κ2) is 6.30. The Balaban J connectivity index is 2.17. The fourth-order valence-corrected chi connectivity index (χ4v) is 2.83. The molecule has 110 valence electrons. The predicted molar refractivity (Wildman–Crippen MR) is 76.4 cm³/mol. The Labute approximate surface area is 125 Å². The molecule has 0 saturated heterocycles. The van der Waals surface area contributed by atoms with E-state index in [-0.39, 0.29) is 12.1 Å². The van der Waals surface area contributed by atoms with E-state index < -0.39 is 6.09 Å². The summed E-state index contributed by atoms with van der Waals surface area (Å²) in [5, 5.41) is 11.3. The van der Waals surface area contributed by atoms with Gasteiger partial charge in [0.2, 0.25) is 5.88 Å². The number of hydrogen-bond donors (Lipinski definition) is 2. The van der Waals surface area contributed by atoms with E-state index in [2.05, 4.69) is 26.2 Å². The summed E-state index contributed by atoms with van der Waals surface area (Å²) >= 11 is 3.40. The first-order chi connectivity index (χ1) is 9.51. The Morgan fingerprint density at radius 2 is 2.30 bits per heavy atom. The third-order valence-corrected chi connectivity index (χ3v) is 3.99. The Morgan fingerprint density at radius 1 is 1.55 bits per heavy atom. The number of nitrogens with one attached hydrogen (secondary N) is 1. The maximum Gasteiger partial charge on any atom is 0.405 e. The fourth-order valence-electron chi connectivity index (χ4n) is 2.37. The van der Waals surface area contributed by atoms with E-state index in [1.807, 2.05) is 13.0 Å². The summed E-state index contributed by atoms with van der Waals surface area (Å²) in [6.07, 6.45) is 1.35. The number of carboxylic acid groups (broad SMARTS) is 1. The lowest BCUT2D eigenvalue weighted by atomic mass is 10.2. The standard InChI is InChI=1S/C13H17BrN2O4/c1-7-6-10(11(14)12(15-7)19-2)20-9-5-3-4-8(9)16-13(17)18/h6,8-9,16H,3-5H2,1-2H3,(H,17,18)/t8-,9-/m1/s1. The number of aryl methyl sites for hydroxylation is 1. The van der Waals surface area contributed by atoms with Crippen molar-refractivity contribution in [3.05, 3.63) is 16.2 Å². The molecule has 0 spiro atoms. The van der Waals surface area contributed by atoms with Crippen molar-refractivity contribution < 1.29 is 19.4 Å². The molecule has 2 N–H and O–H groups in total. The summed E-state index contributed by atoms with van der Waals surface area (Å²) in [6, 6.07) is 1.63. The van der Waals surface area contributed by atoms with Gasteiger partial charge in [0, 0.05) is 11.8 Å². The molecule has 1 saturated carbocycles. The fraction of sp³-hybridized carbons (Fsp3) is 0.538. The van der Waals surface area contributed by atoms with Gasteiger partial charge in [-0.2, -0.15) is 0 Å². The summed E-state index contributed by atoms with van der Waals surface area (Å²) in [6.45, 7) is 1.85. The van der Waals surface area contributed by atoms with Crippen LogP contribution in [0.4, 0.5) is 4.79 Å². The van der Waals surface area contributed by atoms with E-state index in [1.54, 1.807) is 7.11 Å². The number of methoxy groups -OCH3 is 1. The van der Waals surface area contributed by atoms with Crippen molar-refractivity contribution in [3.8, 4) is 11.6 Å². The number of nitrogens with zero attached hydrogens (tertiary/aromatic N) is 1. The van der Waals surface area contributed by atoms with E-state index in [4.69, 9.17) is 14.6 Å². The number of aromatic nitrogens is 1. The molecule has 7 heteroatoms. The summed E-state index contributed by atoms with van der Waals surface area (Å²) in [4.78, 5) is 15.0. The van der Waals surface area contributed by atoms with Crippen LogP contribution in [0, 0.1) is 6.92 Å². The van der Waals surface area contributed by atoms with Crippen LogP contribution in [0.3, 0.4) is 0 Å². The minimum absolute atomic E-state index is 0.172. The minimum atomic E-state index is -1.02. The van der Waals surface area contributed by atoms with Gasteiger partial charge in [0.05, 0.1) is 13.2 Å². The van der Waals surface area contributed by atoms with Crippen LogP contribution in [0.2, 0.25) is 0 Å². The van der Waals surface area contributed by atoms with Crippen LogP contribution in [0.15, 0.2) is 10.5 Å². The number of hydrogen-bond acceptors (Lipinski definition) is 4.